The number of hydrogen-bond acceptors (Lipinski definition) is 3. The van der Waals surface area contributed by atoms with Crippen LogP contribution < -0.4 is 10.5 Å². The standard InChI is InChI=1S/C23H21Cl2N3O2/c24-20-8-6-17(14-21(20)25)15-28-16-18(7-9-22(28)29)23(30)27-12-10-26(11-13-27)19-4-2-1-3-5-19/h1-9,14,16H,10-13,15H2. The minimum Gasteiger partial charge on any atom is -0.368 e. The smallest absolute Gasteiger partial charge is 0.255 e. The van der Waals surface area contributed by atoms with E-state index in [-0.39, 0.29) is 11.5 Å². The van der Waals surface area contributed by atoms with Crippen molar-refractivity contribution in [3.8, 4) is 0 Å². The lowest BCUT2D eigenvalue weighted by molar-refractivity contribution is 0.0746. The molecule has 0 aliphatic carbocycles. The highest BCUT2D eigenvalue weighted by molar-refractivity contribution is 6.42. The van der Waals surface area contributed by atoms with Crippen molar-refractivity contribution in [2.24, 2.45) is 0 Å². The average Bonchev–Trinajstić information content (AvgIpc) is 2.78. The zero-order valence-electron chi connectivity index (χ0n) is 16.3. The van der Waals surface area contributed by atoms with Crippen molar-refractivity contribution in [2.75, 3.05) is 31.1 Å². The van der Waals surface area contributed by atoms with Gasteiger partial charge >= 0.3 is 0 Å². The molecule has 1 aromatic heterocycles. The fourth-order valence-electron chi connectivity index (χ4n) is 3.61. The molecule has 0 saturated carbocycles. The van der Waals surface area contributed by atoms with Crippen molar-refractivity contribution in [1.29, 1.82) is 0 Å². The summed E-state index contributed by atoms with van der Waals surface area (Å²) in [6, 6.07) is 18.5. The van der Waals surface area contributed by atoms with Gasteiger partial charge in [0.15, 0.2) is 0 Å². The molecule has 1 aliphatic rings. The Morgan fingerprint density at radius 3 is 2.30 bits per heavy atom. The SMILES string of the molecule is O=C(c1ccc(=O)n(Cc2ccc(Cl)c(Cl)c2)c1)N1CCN(c2ccccc2)CC1. The maximum Gasteiger partial charge on any atom is 0.255 e. The summed E-state index contributed by atoms with van der Waals surface area (Å²) in [6.07, 6.45) is 1.62. The van der Waals surface area contributed by atoms with Crippen LogP contribution in [-0.4, -0.2) is 41.6 Å². The number of nitrogens with zero attached hydrogens (tertiary/aromatic N) is 3. The Hall–Kier alpha value is -2.76. The summed E-state index contributed by atoms with van der Waals surface area (Å²) in [5, 5.41) is 0.900. The minimum absolute atomic E-state index is 0.0643. The molecule has 2 aromatic carbocycles. The first-order valence-corrected chi connectivity index (χ1v) is 10.5. The monoisotopic (exact) mass is 441 g/mol. The van der Waals surface area contributed by atoms with Gasteiger partial charge in [-0.05, 0) is 35.9 Å². The van der Waals surface area contributed by atoms with E-state index < -0.39 is 0 Å². The summed E-state index contributed by atoms with van der Waals surface area (Å²) in [5.74, 6) is -0.0643. The van der Waals surface area contributed by atoms with Gasteiger partial charge in [-0.2, -0.15) is 0 Å². The second kappa shape index (κ2) is 8.94. The van der Waals surface area contributed by atoms with Crippen LogP contribution in [0, 0.1) is 0 Å². The van der Waals surface area contributed by atoms with Gasteiger partial charge < -0.3 is 14.4 Å². The number of rotatable bonds is 4. The molecule has 2 heterocycles. The van der Waals surface area contributed by atoms with Gasteiger partial charge in [0.05, 0.1) is 22.2 Å². The van der Waals surface area contributed by atoms with Crippen LogP contribution in [0.25, 0.3) is 0 Å². The van der Waals surface area contributed by atoms with Crippen LogP contribution in [0.2, 0.25) is 10.0 Å². The Balaban J connectivity index is 1.46. The van der Waals surface area contributed by atoms with Crippen LogP contribution in [0.3, 0.4) is 0 Å². The number of pyridine rings is 1. The summed E-state index contributed by atoms with van der Waals surface area (Å²) in [4.78, 5) is 29.4. The molecule has 1 aliphatic heterocycles. The van der Waals surface area contributed by atoms with Crippen LogP contribution >= 0.6 is 23.2 Å². The molecule has 1 saturated heterocycles. The van der Waals surface area contributed by atoms with Crippen molar-refractivity contribution in [1.82, 2.24) is 9.47 Å². The van der Waals surface area contributed by atoms with Crippen LogP contribution in [0.15, 0.2) is 71.7 Å². The zero-order valence-corrected chi connectivity index (χ0v) is 17.8. The normalized spacial score (nSPS) is 14.1. The van der Waals surface area contributed by atoms with E-state index in [9.17, 15) is 9.59 Å². The summed E-state index contributed by atoms with van der Waals surface area (Å²) in [7, 11) is 0. The number of halogens is 2. The number of amides is 1. The Kier molecular flexibility index (Phi) is 6.11. The van der Waals surface area contributed by atoms with Crippen molar-refractivity contribution >= 4 is 34.8 Å². The number of benzene rings is 2. The summed E-state index contributed by atoms with van der Waals surface area (Å²) >= 11 is 12.0. The van der Waals surface area contributed by atoms with Gasteiger partial charge in [0.1, 0.15) is 0 Å². The Morgan fingerprint density at radius 1 is 0.867 bits per heavy atom. The van der Waals surface area contributed by atoms with E-state index in [4.69, 9.17) is 23.2 Å². The van der Waals surface area contributed by atoms with Gasteiger partial charge in [-0.15, -0.1) is 0 Å². The molecule has 3 aromatic rings. The lowest BCUT2D eigenvalue weighted by atomic mass is 10.2. The first kappa shape index (κ1) is 20.5. The molecular formula is C23H21Cl2N3O2. The van der Waals surface area contributed by atoms with Gasteiger partial charge in [0.25, 0.3) is 11.5 Å². The Morgan fingerprint density at radius 2 is 1.60 bits per heavy atom. The maximum absolute atomic E-state index is 13.0. The first-order valence-electron chi connectivity index (χ1n) is 9.75. The van der Waals surface area contributed by atoms with Crippen molar-refractivity contribution in [3.63, 3.8) is 0 Å². The van der Waals surface area contributed by atoms with E-state index >= 15 is 0 Å². The molecule has 0 unspecified atom stereocenters. The molecule has 1 amide bonds. The molecule has 4 rings (SSSR count). The molecule has 154 valence electrons. The molecular weight excluding hydrogens is 421 g/mol. The third-order valence-electron chi connectivity index (χ3n) is 5.26. The van der Waals surface area contributed by atoms with E-state index in [1.165, 1.54) is 16.3 Å². The molecule has 7 heteroatoms. The van der Waals surface area contributed by atoms with E-state index in [2.05, 4.69) is 17.0 Å². The lowest BCUT2D eigenvalue weighted by Crippen LogP contribution is -2.49. The second-order valence-corrected chi connectivity index (χ2v) is 8.06. The van der Waals surface area contributed by atoms with Gasteiger partial charge in [-0.25, -0.2) is 0 Å². The predicted molar refractivity (Wildman–Crippen MR) is 121 cm³/mol. The molecule has 5 nitrogen and oxygen atoms in total. The fourth-order valence-corrected chi connectivity index (χ4v) is 3.93. The van der Waals surface area contributed by atoms with Crippen LogP contribution in [0.5, 0.6) is 0 Å². The minimum atomic E-state index is -0.175. The summed E-state index contributed by atoms with van der Waals surface area (Å²) < 4.78 is 1.52. The highest BCUT2D eigenvalue weighted by Gasteiger charge is 2.22. The van der Waals surface area contributed by atoms with Crippen LogP contribution in [-0.2, 0) is 6.54 Å². The maximum atomic E-state index is 13.0. The van der Waals surface area contributed by atoms with Crippen molar-refractivity contribution in [3.05, 3.63) is 98.4 Å². The predicted octanol–water partition coefficient (Wildman–Crippen LogP) is 4.17. The Bertz CT molecular complexity index is 1110. The number of aromatic nitrogens is 1. The van der Waals surface area contributed by atoms with Gasteiger partial charge in [0.2, 0.25) is 0 Å². The number of carbonyl (C=O) groups excluding carboxylic acids is 1. The zero-order chi connectivity index (χ0) is 21.1. The van der Waals surface area contributed by atoms with Gasteiger partial charge in [-0.3, -0.25) is 9.59 Å². The number of anilines is 1. The van der Waals surface area contributed by atoms with E-state index in [1.54, 1.807) is 24.4 Å². The topological polar surface area (TPSA) is 45.6 Å². The molecule has 0 atom stereocenters. The first-order chi connectivity index (χ1) is 14.5. The third kappa shape index (κ3) is 4.53. The molecule has 0 bridgehead atoms. The fraction of sp³-hybridized carbons (Fsp3) is 0.217. The number of carbonyl (C=O) groups is 1. The number of hydrogen-bond donors (Lipinski definition) is 0. The number of para-hydroxylation sites is 1. The van der Waals surface area contributed by atoms with Crippen LogP contribution in [0.1, 0.15) is 15.9 Å². The lowest BCUT2D eigenvalue weighted by Gasteiger charge is -2.36. The summed E-state index contributed by atoms with van der Waals surface area (Å²) in [6.45, 7) is 3.15. The van der Waals surface area contributed by atoms with E-state index in [0.29, 0.717) is 35.2 Å². The van der Waals surface area contributed by atoms with Crippen molar-refractivity contribution in [2.45, 2.75) is 6.54 Å². The van der Waals surface area contributed by atoms with Crippen molar-refractivity contribution < 1.29 is 4.79 Å². The van der Waals surface area contributed by atoms with Gasteiger partial charge in [0, 0.05) is 44.1 Å². The average molecular weight is 442 g/mol. The molecule has 0 spiro atoms. The Labute approximate surface area is 185 Å². The summed E-state index contributed by atoms with van der Waals surface area (Å²) in [5.41, 5.74) is 2.33. The largest absolute Gasteiger partial charge is 0.368 e. The second-order valence-electron chi connectivity index (χ2n) is 7.25. The van der Waals surface area contributed by atoms with Crippen LogP contribution in [0.4, 0.5) is 5.69 Å². The highest BCUT2D eigenvalue weighted by Crippen LogP contribution is 2.23. The third-order valence-corrected chi connectivity index (χ3v) is 5.99. The van der Waals surface area contributed by atoms with E-state index in [0.717, 1.165) is 18.7 Å². The highest BCUT2D eigenvalue weighted by atomic mass is 35.5. The number of piperazine rings is 1. The van der Waals surface area contributed by atoms with Gasteiger partial charge in [-0.1, -0.05) is 47.5 Å². The molecule has 30 heavy (non-hydrogen) atoms. The molecule has 0 N–H and O–H groups in total. The quantitative estimate of drug-likeness (QED) is 0.610. The molecule has 0 radical (unpaired) electrons. The van der Waals surface area contributed by atoms with E-state index in [1.807, 2.05) is 29.2 Å². The molecule has 1 fully saturated rings.